The Bertz CT molecular complexity index is 768. The van der Waals surface area contributed by atoms with Crippen molar-refractivity contribution in [3.63, 3.8) is 0 Å². The second-order valence-electron chi connectivity index (χ2n) is 4.88. The highest BCUT2D eigenvalue weighted by molar-refractivity contribution is 7.89. The molecule has 1 heterocycles. The van der Waals surface area contributed by atoms with Gasteiger partial charge in [0, 0.05) is 36.8 Å². The van der Waals surface area contributed by atoms with E-state index in [0.29, 0.717) is 5.39 Å². The van der Waals surface area contributed by atoms with Gasteiger partial charge in [0.05, 0.1) is 10.8 Å². The van der Waals surface area contributed by atoms with Crippen LogP contribution < -0.4 is 0 Å². The van der Waals surface area contributed by atoms with Crippen LogP contribution in [0.3, 0.4) is 0 Å². The van der Waals surface area contributed by atoms with Crippen molar-refractivity contribution in [2.45, 2.75) is 11.8 Å². The first-order valence-electron chi connectivity index (χ1n) is 6.36. The number of rotatable bonds is 5. The molecule has 0 fully saturated rings. The maximum Gasteiger partial charge on any atom is 0.307 e. The molecule has 0 saturated heterocycles. The number of hydrogen-bond donors (Lipinski definition) is 1. The molecule has 1 N–H and O–H groups in total. The van der Waals surface area contributed by atoms with Crippen molar-refractivity contribution in [2.75, 3.05) is 13.6 Å². The number of sulfonamides is 1. The summed E-state index contributed by atoms with van der Waals surface area (Å²) >= 11 is 0. The van der Waals surface area contributed by atoms with Crippen LogP contribution in [0.4, 0.5) is 0 Å². The summed E-state index contributed by atoms with van der Waals surface area (Å²) in [4.78, 5) is 15.0. The summed E-state index contributed by atoms with van der Waals surface area (Å²) in [7, 11) is -2.37. The van der Waals surface area contributed by atoms with E-state index in [9.17, 15) is 13.2 Å². The number of carboxylic acid groups (broad SMARTS) is 1. The highest BCUT2D eigenvalue weighted by atomic mass is 32.2. The predicted octanol–water partition coefficient (Wildman–Crippen LogP) is 1.58. The van der Waals surface area contributed by atoms with Gasteiger partial charge in [0.2, 0.25) is 10.0 Å². The fourth-order valence-corrected chi connectivity index (χ4v) is 3.52. The van der Waals surface area contributed by atoms with Crippen molar-refractivity contribution < 1.29 is 18.3 Å². The molecule has 6 nitrogen and oxygen atoms in total. The van der Waals surface area contributed by atoms with Gasteiger partial charge in [-0.2, -0.15) is 0 Å². The first-order chi connectivity index (χ1) is 9.84. The molecule has 21 heavy (non-hydrogen) atoms. The van der Waals surface area contributed by atoms with Crippen molar-refractivity contribution in [1.29, 1.82) is 0 Å². The summed E-state index contributed by atoms with van der Waals surface area (Å²) in [5.74, 6) is -1.81. The zero-order chi connectivity index (χ0) is 15.6. The van der Waals surface area contributed by atoms with E-state index in [1.807, 2.05) is 0 Å². The van der Waals surface area contributed by atoms with Crippen LogP contribution in [0.2, 0.25) is 0 Å². The summed E-state index contributed by atoms with van der Waals surface area (Å²) in [6.07, 6.45) is 3.12. The van der Waals surface area contributed by atoms with Crippen molar-refractivity contribution in [3.8, 4) is 0 Å². The molecule has 0 aliphatic rings. The van der Waals surface area contributed by atoms with E-state index in [1.54, 1.807) is 24.4 Å². The second kappa shape index (κ2) is 5.79. The summed E-state index contributed by atoms with van der Waals surface area (Å²) in [5.41, 5.74) is 0. The van der Waals surface area contributed by atoms with E-state index in [4.69, 9.17) is 5.11 Å². The Hall–Kier alpha value is -1.99. The summed E-state index contributed by atoms with van der Waals surface area (Å²) < 4.78 is 26.3. The Kier molecular flexibility index (Phi) is 4.24. The number of carboxylic acids is 1. The SMILES string of the molecule is CC(CN(C)S(=O)(=O)c1cccc2cnccc12)C(=O)O. The number of pyridine rings is 1. The third kappa shape index (κ3) is 3.03. The molecule has 0 bridgehead atoms. The van der Waals surface area contributed by atoms with Crippen molar-refractivity contribution in [3.05, 3.63) is 36.7 Å². The predicted molar refractivity (Wildman–Crippen MR) is 78.4 cm³/mol. The van der Waals surface area contributed by atoms with E-state index < -0.39 is 21.9 Å². The summed E-state index contributed by atoms with van der Waals surface area (Å²) in [6.45, 7) is 1.39. The lowest BCUT2D eigenvalue weighted by Crippen LogP contribution is -2.33. The largest absolute Gasteiger partial charge is 0.481 e. The zero-order valence-electron chi connectivity index (χ0n) is 11.7. The molecule has 0 spiro atoms. The molecule has 1 atom stereocenters. The monoisotopic (exact) mass is 308 g/mol. The molecule has 0 saturated carbocycles. The average molecular weight is 308 g/mol. The van der Waals surface area contributed by atoms with Crippen LogP contribution in [0.25, 0.3) is 10.8 Å². The van der Waals surface area contributed by atoms with Crippen LogP contribution in [0.15, 0.2) is 41.6 Å². The quantitative estimate of drug-likeness (QED) is 0.906. The molecular formula is C14H16N2O4S. The van der Waals surface area contributed by atoms with Crippen LogP contribution >= 0.6 is 0 Å². The number of carbonyl (C=O) groups is 1. The molecule has 0 aliphatic carbocycles. The third-order valence-corrected chi connectivity index (χ3v) is 5.16. The van der Waals surface area contributed by atoms with Gasteiger partial charge in [-0.3, -0.25) is 9.78 Å². The van der Waals surface area contributed by atoms with Crippen LogP contribution in [-0.2, 0) is 14.8 Å². The molecule has 112 valence electrons. The van der Waals surface area contributed by atoms with Gasteiger partial charge in [-0.15, -0.1) is 0 Å². The Labute approximate surface area is 123 Å². The Morgan fingerprint density at radius 2 is 2.10 bits per heavy atom. The molecular weight excluding hydrogens is 292 g/mol. The van der Waals surface area contributed by atoms with Gasteiger partial charge in [0.1, 0.15) is 0 Å². The lowest BCUT2D eigenvalue weighted by atomic mass is 10.2. The molecule has 0 amide bonds. The van der Waals surface area contributed by atoms with Gasteiger partial charge in [-0.1, -0.05) is 19.1 Å². The zero-order valence-corrected chi connectivity index (χ0v) is 12.5. The number of aromatic nitrogens is 1. The minimum atomic E-state index is -3.75. The lowest BCUT2D eigenvalue weighted by molar-refractivity contribution is -0.141. The van der Waals surface area contributed by atoms with E-state index in [0.717, 1.165) is 9.69 Å². The minimum Gasteiger partial charge on any atom is -0.481 e. The topological polar surface area (TPSA) is 87.6 Å². The molecule has 1 unspecified atom stereocenters. The maximum absolute atomic E-state index is 12.6. The van der Waals surface area contributed by atoms with Crippen LogP contribution in [0.1, 0.15) is 6.92 Å². The van der Waals surface area contributed by atoms with Gasteiger partial charge in [0.15, 0.2) is 0 Å². The van der Waals surface area contributed by atoms with Gasteiger partial charge in [-0.05, 0) is 12.1 Å². The van der Waals surface area contributed by atoms with Gasteiger partial charge >= 0.3 is 5.97 Å². The van der Waals surface area contributed by atoms with Gasteiger partial charge in [-0.25, -0.2) is 12.7 Å². The molecule has 0 radical (unpaired) electrons. The Morgan fingerprint density at radius 1 is 1.38 bits per heavy atom. The van der Waals surface area contributed by atoms with Crippen LogP contribution in [-0.4, -0.2) is 42.4 Å². The van der Waals surface area contributed by atoms with Gasteiger partial charge < -0.3 is 5.11 Å². The standard InChI is InChI=1S/C14H16N2O4S/c1-10(14(17)18)9-16(2)21(19,20)13-5-3-4-11-8-15-7-6-12(11)13/h3-8,10H,9H2,1-2H3,(H,17,18). The first-order valence-corrected chi connectivity index (χ1v) is 7.80. The van der Waals surface area contributed by atoms with Crippen molar-refractivity contribution >= 4 is 26.8 Å². The normalized spacial score (nSPS) is 13.5. The molecule has 2 rings (SSSR count). The van der Waals surface area contributed by atoms with E-state index in [1.165, 1.54) is 26.2 Å². The lowest BCUT2D eigenvalue weighted by Gasteiger charge is -2.20. The number of hydrogen-bond acceptors (Lipinski definition) is 4. The second-order valence-corrected chi connectivity index (χ2v) is 6.89. The number of fused-ring (bicyclic) bond motifs is 1. The van der Waals surface area contributed by atoms with Crippen molar-refractivity contribution in [2.24, 2.45) is 5.92 Å². The van der Waals surface area contributed by atoms with E-state index in [-0.39, 0.29) is 11.4 Å². The highest BCUT2D eigenvalue weighted by Crippen LogP contribution is 2.24. The first kappa shape index (κ1) is 15.4. The van der Waals surface area contributed by atoms with Crippen LogP contribution in [0.5, 0.6) is 0 Å². The molecule has 2 aromatic rings. The third-order valence-electron chi connectivity index (χ3n) is 3.28. The number of aliphatic carboxylic acids is 1. The Morgan fingerprint density at radius 3 is 2.76 bits per heavy atom. The van der Waals surface area contributed by atoms with E-state index in [2.05, 4.69) is 4.98 Å². The maximum atomic E-state index is 12.6. The average Bonchev–Trinajstić information content (AvgIpc) is 2.46. The molecule has 1 aromatic carbocycles. The minimum absolute atomic E-state index is 0.0842. The fourth-order valence-electron chi connectivity index (χ4n) is 2.05. The Balaban J connectivity index is 2.45. The van der Waals surface area contributed by atoms with Crippen LogP contribution in [0, 0.1) is 5.92 Å². The number of benzene rings is 1. The summed E-state index contributed by atoms with van der Waals surface area (Å²) in [5, 5.41) is 10.2. The van der Waals surface area contributed by atoms with Gasteiger partial charge in [0.25, 0.3) is 0 Å². The fraction of sp³-hybridized carbons (Fsp3) is 0.286. The van der Waals surface area contributed by atoms with Crippen molar-refractivity contribution in [1.82, 2.24) is 9.29 Å². The molecule has 0 aliphatic heterocycles. The summed E-state index contributed by atoms with van der Waals surface area (Å²) in [6, 6.07) is 6.57. The highest BCUT2D eigenvalue weighted by Gasteiger charge is 2.26. The number of nitrogens with zero attached hydrogens (tertiary/aromatic N) is 2. The smallest absolute Gasteiger partial charge is 0.307 e. The molecule has 7 heteroatoms. The van der Waals surface area contributed by atoms with E-state index >= 15 is 0 Å². The molecule has 1 aromatic heterocycles.